The minimum Gasteiger partial charge on any atom is -0.0622 e. The van der Waals surface area contributed by atoms with E-state index < -0.39 is 0 Å². The van der Waals surface area contributed by atoms with E-state index in [1.807, 2.05) is 0 Å². The summed E-state index contributed by atoms with van der Waals surface area (Å²) in [4.78, 5) is 0. The SMILES string of the molecule is CC1(C)c2cc(-c3cccc(-c4c5ccccc5c(-c5ccccc5-c5ccccc5)c5ccccc45)c3)ccc2-c2ccc3ccccc3c21. The van der Waals surface area contributed by atoms with Gasteiger partial charge in [0.05, 0.1) is 0 Å². The number of benzene rings is 9. The first-order chi connectivity index (χ1) is 25.1. The van der Waals surface area contributed by atoms with Gasteiger partial charge in [0.25, 0.3) is 0 Å². The first-order valence-corrected chi connectivity index (χ1v) is 17.9. The van der Waals surface area contributed by atoms with Crippen LogP contribution in [0, 0.1) is 0 Å². The van der Waals surface area contributed by atoms with Crippen molar-refractivity contribution in [1.29, 1.82) is 0 Å². The highest BCUT2D eigenvalue weighted by atomic mass is 14.4. The fourth-order valence-electron chi connectivity index (χ4n) is 8.93. The minimum atomic E-state index is -0.0998. The second-order valence-electron chi connectivity index (χ2n) is 14.4. The summed E-state index contributed by atoms with van der Waals surface area (Å²) in [5, 5.41) is 7.73. The molecule has 0 aliphatic heterocycles. The highest BCUT2D eigenvalue weighted by Crippen LogP contribution is 2.52. The van der Waals surface area contributed by atoms with E-state index in [1.165, 1.54) is 99.1 Å². The molecule has 1 aliphatic rings. The third-order valence-corrected chi connectivity index (χ3v) is 11.2. The summed E-state index contributed by atoms with van der Waals surface area (Å²) in [5.41, 5.74) is 15.5. The Morgan fingerprint density at radius 2 is 0.843 bits per heavy atom. The number of rotatable bonds is 4. The van der Waals surface area contributed by atoms with Crippen molar-refractivity contribution in [2.75, 3.05) is 0 Å². The highest BCUT2D eigenvalue weighted by molar-refractivity contribution is 6.22. The van der Waals surface area contributed by atoms with Crippen LogP contribution in [0.15, 0.2) is 182 Å². The molecule has 10 rings (SSSR count). The standard InChI is InChI=1S/C51H36/c1-51(2)47-32-36(28-29-40(47)46-30-27-34-17-6-7-21-39(34)50(46)51)35-18-14-19-37(31-35)48-42-23-10-12-25-44(42)49(45-26-13-11-24-43(45)48)41-22-9-8-20-38(41)33-15-4-3-5-16-33/h3-32H,1-2H3. The largest absolute Gasteiger partial charge is 0.0622 e. The lowest BCUT2D eigenvalue weighted by molar-refractivity contribution is 0.666. The van der Waals surface area contributed by atoms with E-state index in [2.05, 4.69) is 196 Å². The normalized spacial score (nSPS) is 13.1. The minimum absolute atomic E-state index is 0.0998. The van der Waals surface area contributed by atoms with Gasteiger partial charge < -0.3 is 0 Å². The maximum Gasteiger partial charge on any atom is 0.0165 e. The molecule has 9 aromatic rings. The van der Waals surface area contributed by atoms with Crippen molar-refractivity contribution in [1.82, 2.24) is 0 Å². The van der Waals surface area contributed by atoms with Crippen LogP contribution < -0.4 is 0 Å². The predicted octanol–water partition coefficient (Wildman–Crippen LogP) is 14.1. The van der Waals surface area contributed by atoms with Crippen LogP contribution in [-0.2, 0) is 5.41 Å². The van der Waals surface area contributed by atoms with Crippen molar-refractivity contribution in [2.24, 2.45) is 0 Å². The quantitative estimate of drug-likeness (QED) is 0.167. The van der Waals surface area contributed by atoms with Gasteiger partial charge in [0.2, 0.25) is 0 Å². The zero-order valence-electron chi connectivity index (χ0n) is 28.8. The second kappa shape index (κ2) is 11.4. The molecule has 0 heteroatoms. The van der Waals surface area contributed by atoms with Crippen LogP contribution in [0.3, 0.4) is 0 Å². The molecule has 0 amide bonds. The molecule has 240 valence electrons. The predicted molar refractivity (Wildman–Crippen MR) is 218 cm³/mol. The lowest BCUT2D eigenvalue weighted by atomic mass is 9.79. The van der Waals surface area contributed by atoms with Crippen LogP contribution in [0.2, 0.25) is 0 Å². The molecule has 0 atom stereocenters. The topological polar surface area (TPSA) is 0 Å². The molecule has 0 N–H and O–H groups in total. The van der Waals surface area contributed by atoms with E-state index in [9.17, 15) is 0 Å². The fourth-order valence-corrected chi connectivity index (χ4v) is 8.93. The van der Waals surface area contributed by atoms with Gasteiger partial charge in [-0.2, -0.15) is 0 Å². The van der Waals surface area contributed by atoms with E-state index in [0.29, 0.717) is 0 Å². The molecule has 0 unspecified atom stereocenters. The van der Waals surface area contributed by atoms with Gasteiger partial charge in [-0.1, -0.05) is 184 Å². The zero-order valence-corrected chi connectivity index (χ0v) is 28.8. The Bertz CT molecular complexity index is 2760. The first-order valence-electron chi connectivity index (χ1n) is 17.9. The van der Waals surface area contributed by atoms with Crippen LogP contribution in [0.5, 0.6) is 0 Å². The van der Waals surface area contributed by atoms with Gasteiger partial charge in [-0.15, -0.1) is 0 Å². The molecule has 51 heavy (non-hydrogen) atoms. The van der Waals surface area contributed by atoms with Gasteiger partial charge in [0, 0.05) is 5.41 Å². The van der Waals surface area contributed by atoms with Crippen molar-refractivity contribution in [2.45, 2.75) is 19.3 Å². The average Bonchev–Trinajstić information content (AvgIpc) is 3.43. The summed E-state index contributed by atoms with van der Waals surface area (Å²) >= 11 is 0. The van der Waals surface area contributed by atoms with Gasteiger partial charge in [0.15, 0.2) is 0 Å². The smallest absolute Gasteiger partial charge is 0.0165 e. The van der Waals surface area contributed by atoms with Gasteiger partial charge in [-0.3, -0.25) is 0 Å². The fraction of sp³-hybridized carbons (Fsp3) is 0.0588. The summed E-state index contributed by atoms with van der Waals surface area (Å²) in [6.07, 6.45) is 0. The Hall–Kier alpha value is -6.24. The van der Waals surface area contributed by atoms with Gasteiger partial charge in [-0.05, 0) is 111 Å². The summed E-state index contributed by atoms with van der Waals surface area (Å²) in [7, 11) is 0. The molecule has 0 spiro atoms. The Morgan fingerprint density at radius 1 is 0.314 bits per heavy atom. The van der Waals surface area contributed by atoms with E-state index in [-0.39, 0.29) is 5.41 Å². The molecule has 0 radical (unpaired) electrons. The molecule has 0 bridgehead atoms. The lowest BCUT2D eigenvalue weighted by Crippen LogP contribution is -2.15. The maximum atomic E-state index is 2.45. The number of hydrogen-bond acceptors (Lipinski definition) is 0. The molecular weight excluding hydrogens is 613 g/mol. The zero-order chi connectivity index (χ0) is 34.1. The van der Waals surface area contributed by atoms with Gasteiger partial charge >= 0.3 is 0 Å². The van der Waals surface area contributed by atoms with Crippen LogP contribution in [0.1, 0.15) is 25.0 Å². The number of fused-ring (bicyclic) bond motifs is 7. The lowest BCUT2D eigenvalue weighted by Gasteiger charge is -2.23. The van der Waals surface area contributed by atoms with Gasteiger partial charge in [0.1, 0.15) is 0 Å². The van der Waals surface area contributed by atoms with Crippen LogP contribution in [0.4, 0.5) is 0 Å². The Kier molecular flexibility index (Phi) is 6.63. The monoisotopic (exact) mass is 648 g/mol. The number of hydrogen-bond donors (Lipinski definition) is 0. The Labute approximate surface area is 299 Å². The molecule has 1 aliphatic carbocycles. The van der Waals surface area contributed by atoms with Crippen molar-refractivity contribution in [3.63, 3.8) is 0 Å². The van der Waals surface area contributed by atoms with Crippen LogP contribution in [-0.4, -0.2) is 0 Å². The molecular formula is C51H36. The van der Waals surface area contributed by atoms with Gasteiger partial charge in [-0.25, -0.2) is 0 Å². The molecule has 0 heterocycles. The average molecular weight is 649 g/mol. The third-order valence-electron chi connectivity index (χ3n) is 11.2. The van der Waals surface area contributed by atoms with E-state index in [4.69, 9.17) is 0 Å². The van der Waals surface area contributed by atoms with Crippen molar-refractivity contribution in [3.8, 4) is 55.6 Å². The Balaban J connectivity index is 1.16. The van der Waals surface area contributed by atoms with Crippen molar-refractivity contribution >= 4 is 32.3 Å². The summed E-state index contributed by atoms with van der Waals surface area (Å²) in [6, 6.07) is 67.3. The summed E-state index contributed by atoms with van der Waals surface area (Å²) in [5.74, 6) is 0. The molecule has 9 aromatic carbocycles. The molecule has 0 nitrogen and oxygen atoms in total. The van der Waals surface area contributed by atoms with Crippen LogP contribution >= 0.6 is 0 Å². The molecule has 0 saturated carbocycles. The third kappa shape index (κ3) is 4.53. The highest BCUT2D eigenvalue weighted by Gasteiger charge is 2.37. The molecule has 0 aromatic heterocycles. The first kappa shape index (κ1) is 29.7. The van der Waals surface area contributed by atoms with E-state index in [0.717, 1.165) is 0 Å². The Morgan fingerprint density at radius 3 is 1.57 bits per heavy atom. The van der Waals surface area contributed by atoms with Crippen molar-refractivity contribution < 1.29 is 0 Å². The van der Waals surface area contributed by atoms with Crippen LogP contribution in [0.25, 0.3) is 88.0 Å². The molecule has 0 fully saturated rings. The maximum absolute atomic E-state index is 2.45. The molecule has 0 saturated heterocycles. The summed E-state index contributed by atoms with van der Waals surface area (Å²) < 4.78 is 0. The second-order valence-corrected chi connectivity index (χ2v) is 14.4. The van der Waals surface area contributed by atoms with Crippen molar-refractivity contribution in [3.05, 3.63) is 193 Å². The van der Waals surface area contributed by atoms with E-state index >= 15 is 0 Å². The summed E-state index contributed by atoms with van der Waals surface area (Å²) in [6.45, 7) is 4.78. The van der Waals surface area contributed by atoms with E-state index in [1.54, 1.807) is 0 Å².